The second-order valence-corrected chi connectivity index (χ2v) is 11.5. The van der Waals surface area contributed by atoms with E-state index in [4.69, 9.17) is 4.74 Å². The lowest BCUT2D eigenvalue weighted by Crippen LogP contribution is -2.58. The number of nitrogens with zero attached hydrogens (tertiary/aromatic N) is 1. The number of ether oxygens (including phenoxy) is 1. The lowest BCUT2D eigenvalue weighted by Gasteiger charge is -2.44. The highest BCUT2D eigenvalue weighted by Crippen LogP contribution is 2.53. The minimum Gasteiger partial charge on any atom is -0.598 e. The van der Waals surface area contributed by atoms with Gasteiger partial charge in [0.25, 0.3) is 5.92 Å². The Kier molecular flexibility index (Phi) is 5.92. The largest absolute Gasteiger partial charge is 0.598 e. The van der Waals surface area contributed by atoms with Crippen molar-refractivity contribution >= 4 is 17.5 Å². The van der Waals surface area contributed by atoms with E-state index in [1.165, 1.54) is 0 Å². The van der Waals surface area contributed by atoms with E-state index in [2.05, 4.69) is 4.72 Å². The van der Waals surface area contributed by atoms with Crippen LogP contribution in [0.25, 0.3) is 0 Å². The molecule has 0 aromatic rings. The molecule has 1 aliphatic carbocycles. The van der Waals surface area contributed by atoms with E-state index in [1.807, 2.05) is 0 Å². The predicted molar refractivity (Wildman–Crippen MR) is 98.5 cm³/mol. The number of carbonyl (C=O) groups excluding carboxylic acids is 1. The Balaban J connectivity index is 2.08. The molecule has 8 heteroatoms. The highest BCUT2D eigenvalue weighted by molar-refractivity contribution is 7.90. The Morgan fingerprint density at radius 1 is 1.12 bits per heavy atom. The molecule has 1 saturated heterocycles. The van der Waals surface area contributed by atoms with Crippen LogP contribution in [0.15, 0.2) is 0 Å². The molecule has 1 heterocycles. The summed E-state index contributed by atoms with van der Waals surface area (Å²) in [6, 6.07) is -1.13. The maximum absolute atomic E-state index is 14.6. The Hall–Kier alpha value is -0.600. The molecule has 26 heavy (non-hydrogen) atoms. The summed E-state index contributed by atoms with van der Waals surface area (Å²) < 4.78 is 49.1. The molecule has 2 unspecified atom stereocenters. The molecular weight excluding hydrogens is 362 g/mol. The monoisotopic (exact) mass is 394 g/mol. The summed E-state index contributed by atoms with van der Waals surface area (Å²) in [5.74, 6) is -2.89. The molecule has 0 bridgehead atoms. The van der Waals surface area contributed by atoms with Gasteiger partial charge in [-0.25, -0.2) is 13.6 Å². The van der Waals surface area contributed by atoms with Gasteiger partial charge in [-0.3, -0.25) is 0 Å². The zero-order valence-corrected chi connectivity index (χ0v) is 17.5. The first-order valence-electron chi connectivity index (χ1n) is 9.20. The number of alkyl halides is 2. The number of carbonyl (C=O) groups is 1. The van der Waals surface area contributed by atoms with Gasteiger partial charge in [-0.1, -0.05) is 0 Å². The van der Waals surface area contributed by atoms with Crippen molar-refractivity contribution in [2.45, 2.75) is 89.5 Å². The van der Waals surface area contributed by atoms with Gasteiger partial charge in [-0.15, -0.1) is 4.72 Å². The third kappa shape index (κ3) is 4.81. The minimum absolute atomic E-state index is 0.210. The predicted octanol–water partition coefficient (Wildman–Crippen LogP) is 3.85. The van der Waals surface area contributed by atoms with Crippen molar-refractivity contribution in [2.24, 2.45) is 5.41 Å². The van der Waals surface area contributed by atoms with Crippen LogP contribution in [0, 0.1) is 5.41 Å². The van der Waals surface area contributed by atoms with Crippen LogP contribution in [0.5, 0.6) is 0 Å². The van der Waals surface area contributed by atoms with E-state index >= 15 is 0 Å². The maximum atomic E-state index is 14.6. The highest BCUT2D eigenvalue weighted by Gasteiger charge is 2.61. The first-order valence-corrected chi connectivity index (χ1v) is 10.4. The van der Waals surface area contributed by atoms with Gasteiger partial charge in [0.2, 0.25) is 0 Å². The molecule has 2 fully saturated rings. The number of likely N-dealkylation sites (tertiary alicyclic amines) is 1. The van der Waals surface area contributed by atoms with Crippen molar-refractivity contribution in [3.63, 3.8) is 0 Å². The Morgan fingerprint density at radius 3 is 2.12 bits per heavy atom. The van der Waals surface area contributed by atoms with Gasteiger partial charge in [0.1, 0.15) is 16.4 Å². The van der Waals surface area contributed by atoms with Gasteiger partial charge in [-0.05, 0) is 66.2 Å². The summed E-state index contributed by atoms with van der Waals surface area (Å²) in [5.41, 5.74) is -1.22. The van der Waals surface area contributed by atoms with Crippen molar-refractivity contribution in [1.82, 2.24) is 9.62 Å². The van der Waals surface area contributed by atoms with Gasteiger partial charge in [0.15, 0.2) is 0 Å². The zero-order valence-electron chi connectivity index (χ0n) is 16.7. The molecule has 1 spiro atoms. The van der Waals surface area contributed by atoms with Crippen LogP contribution >= 0.6 is 0 Å². The number of amides is 1. The normalized spacial score (nSPS) is 26.8. The van der Waals surface area contributed by atoms with Crippen LogP contribution in [-0.2, 0) is 16.1 Å². The standard InChI is InChI=1S/C18H32F2N2O3S/c1-15(2,3)25-14(23)22-11-9-17(10-12-22)7-8-18(19,20)13(17)21-26(24)16(4,5)6/h13,21H,7-12H2,1-6H3. The molecule has 2 aliphatic rings. The average molecular weight is 395 g/mol. The summed E-state index contributed by atoms with van der Waals surface area (Å²) in [4.78, 5) is 13.8. The van der Waals surface area contributed by atoms with Crippen LogP contribution in [0.2, 0.25) is 0 Å². The molecule has 0 aromatic carbocycles. The molecule has 0 aromatic heterocycles. The molecule has 2 atom stereocenters. The summed E-state index contributed by atoms with van der Waals surface area (Å²) in [6.07, 6.45) is 0.682. The smallest absolute Gasteiger partial charge is 0.410 e. The van der Waals surface area contributed by atoms with E-state index in [-0.39, 0.29) is 6.42 Å². The summed E-state index contributed by atoms with van der Waals surface area (Å²) >= 11 is -1.57. The van der Waals surface area contributed by atoms with Crippen molar-refractivity contribution < 1.29 is 22.9 Å². The average Bonchev–Trinajstić information content (AvgIpc) is 2.70. The molecule has 1 amide bonds. The Labute approximate surface area is 158 Å². The molecular formula is C18H32F2N2O3S. The van der Waals surface area contributed by atoms with Gasteiger partial charge in [-0.2, -0.15) is 0 Å². The van der Waals surface area contributed by atoms with E-state index in [9.17, 15) is 18.1 Å². The highest BCUT2D eigenvalue weighted by atomic mass is 32.2. The van der Waals surface area contributed by atoms with E-state index in [1.54, 1.807) is 46.4 Å². The van der Waals surface area contributed by atoms with Gasteiger partial charge >= 0.3 is 6.09 Å². The number of hydrogen-bond acceptors (Lipinski definition) is 4. The second kappa shape index (κ2) is 7.09. The Bertz CT molecular complexity index is 524. The van der Waals surface area contributed by atoms with Gasteiger partial charge < -0.3 is 14.2 Å². The fourth-order valence-electron chi connectivity index (χ4n) is 3.65. The summed E-state index contributed by atoms with van der Waals surface area (Å²) in [5, 5.41) is 0. The van der Waals surface area contributed by atoms with Gasteiger partial charge in [0.05, 0.1) is 0 Å². The molecule has 152 valence electrons. The fraction of sp³-hybridized carbons (Fsp3) is 0.944. The van der Waals surface area contributed by atoms with Gasteiger partial charge in [0, 0.05) is 30.9 Å². The third-order valence-corrected chi connectivity index (χ3v) is 6.75. The number of nitrogens with one attached hydrogen (secondary N) is 1. The van der Waals surface area contributed by atoms with Crippen molar-refractivity contribution in [1.29, 1.82) is 0 Å². The number of halogens is 2. The number of rotatable bonds is 2. The van der Waals surface area contributed by atoms with Crippen molar-refractivity contribution in [2.75, 3.05) is 13.1 Å². The van der Waals surface area contributed by atoms with Crippen LogP contribution < -0.4 is 4.72 Å². The summed E-state index contributed by atoms with van der Waals surface area (Å²) in [6.45, 7) is 11.5. The van der Waals surface area contributed by atoms with Crippen LogP contribution in [0.4, 0.5) is 13.6 Å². The molecule has 5 nitrogen and oxygen atoms in total. The Morgan fingerprint density at radius 2 is 1.65 bits per heavy atom. The van der Waals surface area contributed by atoms with Crippen LogP contribution in [0.1, 0.15) is 67.2 Å². The summed E-state index contributed by atoms with van der Waals surface area (Å²) in [7, 11) is 0. The lowest BCUT2D eigenvalue weighted by atomic mass is 9.74. The molecule has 1 saturated carbocycles. The lowest BCUT2D eigenvalue weighted by molar-refractivity contribution is -0.0433. The maximum Gasteiger partial charge on any atom is 0.410 e. The number of piperidine rings is 1. The van der Waals surface area contributed by atoms with E-state index < -0.39 is 45.2 Å². The fourth-order valence-corrected chi connectivity index (χ4v) is 4.64. The molecule has 1 N–H and O–H groups in total. The van der Waals surface area contributed by atoms with Crippen molar-refractivity contribution in [3.8, 4) is 0 Å². The third-order valence-electron chi connectivity index (χ3n) is 5.18. The van der Waals surface area contributed by atoms with Crippen LogP contribution in [-0.4, -0.2) is 50.9 Å². The quantitative estimate of drug-likeness (QED) is 0.723. The molecule has 2 rings (SSSR count). The van der Waals surface area contributed by atoms with Crippen molar-refractivity contribution in [3.05, 3.63) is 0 Å². The molecule has 1 aliphatic heterocycles. The second-order valence-electron chi connectivity index (χ2n) is 9.52. The zero-order chi connectivity index (χ0) is 20.0. The van der Waals surface area contributed by atoms with E-state index in [0.717, 1.165) is 0 Å². The SMILES string of the molecule is CC(C)(C)OC(=O)N1CCC2(CC1)CCC(F)(F)C2N[S+]([O-])C(C)(C)C. The van der Waals surface area contributed by atoms with Crippen LogP contribution in [0.3, 0.4) is 0 Å². The number of hydrogen-bond donors (Lipinski definition) is 1. The topological polar surface area (TPSA) is 64.6 Å². The minimum atomic E-state index is -2.89. The first kappa shape index (κ1) is 21.7. The van der Waals surface area contributed by atoms with E-state index in [0.29, 0.717) is 32.4 Å². The first-order chi connectivity index (χ1) is 11.7. The molecule has 0 radical (unpaired) electrons.